The SMILES string of the molecule is C[C@H]1OC(c2ccc(OCCCO)cc2)=N[C@@]1(CCC(=O)OC(C)(C)C)C(=O)NCCc1cc(F)cc(F)c1. The van der Waals surface area contributed by atoms with Crippen molar-refractivity contribution in [2.45, 2.75) is 70.6 Å². The lowest BCUT2D eigenvalue weighted by molar-refractivity contribution is -0.155. The van der Waals surface area contributed by atoms with Gasteiger partial charge in [-0.25, -0.2) is 13.8 Å². The average Bonchev–Trinajstić information content (AvgIpc) is 3.19. The molecule has 2 aromatic rings. The molecule has 3 rings (SSSR count). The van der Waals surface area contributed by atoms with E-state index in [-0.39, 0.29) is 38.3 Å². The number of halogens is 2. The van der Waals surface area contributed by atoms with E-state index in [1.807, 2.05) is 0 Å². The summed E-state index contributed by atoms with van der Waals surface area (Å²) in [7, 11) is 0. The van der Waals surface area contributed by atoms with E-state index in [4.69, 9.17) is 19.3 Å². The third-order valence-electron chi connectivity index (χ3n) is 6.08. The second kappa shape index (κ2) is 13.0. The Balaban J connectivity index is 1.79. The van der Waals surface area contributed by atoms with Crippen LogP contribution >= 0.6 is 0 Å². The highest BCUT2D eigenvalue weighted by Gasteiger charge is 2.50. The second-order valence-electron chi connectivity index (χ2n) is 10.4. The van der Waals surface area contributed by atoms with Gasteiger partial charge in [-0.2, -0.15) is 0 Å². The van der Waals surface area contributed by atoms with Crippen LogP contribution in [0.4, 0.5) is 8.78 Å². The number of hydrogen-bond donors (Lipinski definition) is 2. The van der Waals surface area contributed by atoms with Crippen molar-refractivity contribution in [3.63, 3.8) is 0 Å². The van der Waals surface area contributed by atoms with Crippen LogP contribution in [0.3, 0.4) is 0 Å². The van der Waals surface area contributed by atoms with Crippen molar-refractivity contribution in [3.8, 4) is 5.75 Å². The second-order valence-corrected chi connectivity index (χ2v) is 10.4. The van der Waals surface area contributed by atoms with Gasteiger partial charge in [-0.3, -0.25) is 9.59 Å². The Labute approximate surface area is 227 Å². The Morgan fingerprint density at radius 3 is 2.41 bits per heavy atom. The third kappa shape index (κ3) is 8.48. The summed E-state index contributed by atoms with van der Waals surface area (Å²) in [4.78, 5) is 30.7. The molecule has 1 amide bonds. The number of nitrogens with one attached hydrogen (secondary N) is 1. The first-order valence-corrected chi connectivity index (χ1v) is 13.0. The molecular weight excluding hydrogens is 510 g/mol. The Hall–Kier alpha value is -3.53. The molecule has 10 heteroatoms. The number of amides is 1. The van der Waals surface area contributed by atoms with Crippen molar-refractivity contribution in [3.05, 3.63) is 65.2 Å². The lowest BCUT2D eigenvalue weighted by Gasteiger charge is -2.28. The first-order valence-electron chi connectivity index (χ1n) is 13.0. The highest BCUT2D eigenvalue weighted by atomic mass is 19.1. The minimum atomic E-state index is -1.42. The van der Waals surface area contributed by atoms with Gasteiger partial charge in [-0.15, -0.1) is 0 Å². The van der Waals surface area contributed by atoms with Crippen molar-refractivity contribution in [2.24, 2.45) is 4.99 Å². The molecular formula is C29H36F2N2O6. The normalized spacial score (nSPS) is 18.7. The molecule has 8 nitrogen and oxygen atoms in total. The molecule has 2 N–H and O–H groups in total. The van der Waals surface area contributed by atoms with E-state index >= 15 is 0 Å². The summed E-state index contributed by atoms with van der Waals surface area (Å²) >= 11 is 0. The number of benzene rings is 2. The topological polar surface area (TPSA) is 106 Å². The van der Waals surface area contributed by atoms with E-state index in [2.05, 4.69) is 10.3 Å². The fraction of sp³-hybridized carbons (Fsp3) is 0.483. The van der Waals surface area contributed by atoms with Gasteiger partial charge in [0.05, 0.1) is 6.61 Å². The highest BCUT2D eigenvalue weighted by Crippen LogP contribution is 2.34. The first kappa shape index (κ1) is 30.0. The molecule has 0 saturated carbocycles. The molecule has 1 aliphatic heterocycles. The van der Waals surface area contributed by atoms with Crippen LogP contribution in [0, 0.1) is 11.6 Å². The van der Waals surface area contributed by atoms with Crippen LogP contribution in [0.25, 0.3) is 0 Å². The van der Waals surface area contributed by atoms with Crippen LogP contribution in [-0.2, 0) is 25.5 Å². The molecule has 0 saturated heterocycles. The van der Waals surface area contributed by atoms with Gasteiger partial charge < -0.3 is 24.6 Å². The number of hydrogen-bond acceptors (Lipinski definition) is 7. The van der Waals surface area contributed by atoms with Crippen LogP contribution in [0.1, 0.15) is 58.1 Å². The summed E-state index contributed by atoms with van der Waals surface area (Å²) < 4.78 is 44.1. The van der Waals surface area contributed by atoms with E-state index in [0.29, 0.717) is 29.9 Å². The molecule has 2 atom stereocenters. The van der Waals surface area contributed by atoms with Crippen LogP contribution in [0.2, 0.25) is 0 Å². The zero-order chi connectivity index (χ0) is 28.6. The maximum absolute atomic E-state index is 13.5. The molecule has 1 aliphatic rings. The van der Waals surface area contributed by atoms with E-state index in [9.17, 15) is 18.4 Å². The molecule has 0 radical (unpaired) electrons. The molecule has 39 heavy (non-hydrogen) atoms. The Morgan fingerprint density at radius 1 is 1.13 bits per heavy atom. The number of aliphatic imine (C=N–C) groups is 1. The summed E-state index contributed by atoms with van der Waals surface area (Å²) in [5, 5.41) is 11.7. The third-order valence-corrected chi connectivity index (χ3v) is 6.08. The summed E-state index contributed by atoms with van der Waals surface area (Å²) in [5.41, 5.74) is -1.08. The Bertz CT molecular complexity index is 1160. The standard InChI is InChI=1S/C29H36F2N2O6/c1-19-29(12-10-25(35)39-28(2,3)4,27(36)32-13-11-20-16-22(30)18-23(31)17-20)33-26(38-19)21-6-8-24(9-7-21)37-15-5-14-34/h6-9,16-19,34H,5,10-15H2,1-4H3,(H,32,36)/t19-,29-/m1/s1. The van der Waals surface area contributed by atoms with Gasteiger partial charge in [-0.1, -0.05) is 0 Å². The smallest absolute Gasteiger partial charge is 0.306 e. The van der Waals surface area contributed by atoms with Crippen LogP contribution < -0.4 is 10.1 Å². The number of aliphatic hydroxyl groups excluding tert-OH is 1. The van der Waals surface area contributed by atoms with Crippen molar-refractivity contribution < 1.29 is 37.7 Å². The van der Waals surface area contributed by atoms with Gasteiger partial charge in [-0.05, 0) is 82.5 Å². The van der Waals surface area contributed by atoms with Gasteiger partial charge in [0.1, 0.15) is 29.1 Å². The first-order chi connectivity index (χ1) is 18.4. The number of ether oxygens (including phenoxy) is 3. The number of nitrogens with zero attached hydrogens (tertiary/aromatic N) is 1. The fourth-order valence-corrected chi connectivity index (χ4v) is 4.17. The van der Waals surface area contributed by atoms with E-state index < -0.39 is 40.8 Å². The quantitative estimate of drug-likeness (QED) is 0.307. The lowest BCUT2D eigenvalue weighted by Crippen LogP contribution is -2.51. The van der Waals surface area contributed by atoms with Crippen LogP contribution in [0.15, 0.2) is 47.5 Å². The summed E-state index contributed by atoms with van der Waals surface area (Å²) in [6.45, 7) is 7.51. The van der Waals surface area contributed by atoms with Gasteiger partial charge >= 0.3 is 5.97 Å². The number of aliphatic hydroxyl groups is 1. The van der Waals surface area contributed by atoms with E-state index in [1.54, 1.807) is 52.0 Å². The van der Waals surface area contributed by atoms with Crippen molar-refractivity contribution in [2.75, 3.05) is 19.8 Å². The minimum Gasteiger partial charge on any atom is -0.494 e. The Morgan fingerprint density at radius 2 is 1.79 bits per heavy atom. The van der Waals surface area contributed by atoms with Gasteiger partial charge in [0.25, 0.3) is 5.91 Å². The largest absolute Gasteiger partial charge is 0.494 e. The Kier molecular flexibility index (Phi) is 10.0. The zero-order valence-corrected chi connectivity index (χ0v) is 22.8. The molecule has 2 aromatic carbocycles. The maximum Gasteiger partial charge on any atom is 0.306 e. The summed E-state index contributed by atoms with van der Waals surface area (Å²) in [6, 6.07) is 10.2. The van der Waals surface area contributed by atoms with Gasteiger partial charge in [0, 0.05) is 37.6 Å². The van der Waals surface area contributed by atoms with E-state index in [0.717, 1.165) is 6.07 Å². The molecule has 0 aliphatic carbocycles. The minimum absolute atomic E-state index is 0.0349. The number of rotatable bonds is 12. The number of esters is 1. The molecule has 1 heterocycles. The summed E-state index contributed by atoms with van der Waals surface area (Å²) in [6.07, 6.45) is -0.0240. The molecule has 0 aromatic heterocycles. The predicted octanol–water partition coefficient (Wildman–Crippen LogP) is 4.11. The number of carbonyl (C=O) groups is 2. The summed E-state index contributed by atoms with van der Waals surface area (Å²) in [5.74, 6) is -1.46. The number of carbonyl (C=O) groups excluding carboxylic acids is 2. The maximum atomic E-state index is 13.5. The molecule has 0 spiro atoms. The lowest BCUT2D eigenvalue weighted by atomic mass is 9.87. The average molecular weight is 547 g/mol. The van der Waals surface area contributed by atoms with Crippen molar-refractivity contribution in [1.82, 2.24) is 5.32 Å². The predicted molar refractivity (Wildman–Crippen MR) is 142 cm³/mol. The molecule has 0 bridgehead atoms. The zero-order valence-electron chi connectivity index (χ0n) is 22.8. The van der Waals surface area contributed by atoms with Gasteiger partial charge in [0.15, 0.2) is 5.54 Å². The van der Waals surface area contributed by atoms with E-state index in [1.165, 1.54) is 12.1 Å². The fourth-order valence-electron chi connectivity index (χ4n) is 4.17. The van der Waals surface area contributed by atoms with Crippen LogP contribution in [0.5, 0.6) is 5.75 Å². The van der Waals surface area contributed by atoms with Gasteiger partial charge in [0.2, 0.25) is 5.90 Å². The highest BCUT2D eigenvalue weighted by molar-refractivity contribution is 6.00. The molecule has 0 fully saturated rings. The van der Waals surface area contributed by atoms with Crippen molar-refractivity contribution >= 4 is 17.8 Å². The van der Waals surface area contributed by atoms with Crippen molar-refractivity contribution in [1.29, 1.82) is 0 Å². The molecule has 0 unspecified atom stereocenters. The molecule has 212 valence electrons. The van der Waals surface area contributed by atoms with Crippen LogP contribution in [-0.4, -0.2) is 59.9 Å². The monoisotopic (exact) mass is 546 g/mol.